The molecule has 0 saturated heterocycles. The number of hydrogen-bond donors (Lipinski definition) is 7. The lowest BCUT2D eigenvalue weighted by Crippen LogP contribution is -2.41. The van der Waals surface area contributed by atoms with Gasteiger partial charge in [-0.05, 0) is 48.9 Å². The van der Waals surface area contributed by atoms with Crippen LogP contribution in [0.4, 0.5) is 28.5 Å². The molecule has 1 atom stereocenters. The van der Waals surface area contributed by atoms with E-state index in [1.165, 1.54) is 11.3 Å². The van der Waals surface area contributed by atoms with Crippen molar-refractivity contribution in [1.82, 2.24) is 55.8 Å². The van der Waals surface area contributed by atoms with E-state index in [0.29, 0.717) is 98.0 Å². The van der Waals surface area contributed by atoms with Crippen LogP contribution < -0.4 is 37.6 Å². The normalized spacial score (nSPS) is 11.5. The van der Waals surface area contributed by atoms with E-state index in [2.05, 4.69) is 61.1 Å². The minimum atomic E-state index is -1.28. The average Bonchev–Trinajstić information content (AvgIpc) is 3.80. The van der Waals surface area contributed by atoms with Crippen molar-refractivity contribution in [3.63, 3.8) is 0 Å². The highest BCUT2D eigenvalue weighted by Crippen LogP contribution is 2.31. The summed E-state index contributed by atoms with van der Waals surface area (Å²) in [5, 5.41) is 21.2. The monoisotopic (exact) mass is 997 g/mol. The number of nitrogens with zero attached hydrogens (tertiary/aromatic N) is 9. The van der Waals surface area contributed by atoms with E-state index in [1.54, 1.807) is 67.3 Å². The lowest BCUT2D eigenvalue weighted by molar-refractivity contribution is -0.139. The number of carboxylic acids is 1. The lowest BCUT2D eigenvalue weighted by atomic mass is 10.1. The Bertz CT molecular complexity index is 2640. The van der Waals surface area contributed by atoms with E-state index < -0.39 is 17.9 Å². The number of fused-ring (bicyclic) bond motifs is 1. The lowest BCUT2D eigenvalue weighted by Gasteiger charge is -2.19. The number of pyridine rings is 1. The van der Waals surface area contributed by atoms with Crippen LogP contribution in [-0.4, -0.2) is 161 Å². The van der Waals surface area contributed by atoms with Crippen LogP contribution in [0.25, 0.3) is 22.6 Å². The summed E-state index contributed by atoms with van der Waals surface area (Å²) in [5.74, 6) is -2.05. The number of anilines is 5. The summed E-state index contributed by atoms with van der Waals surface area (Å²) in [6.45, 7) is 4.16. The highest BCUT2D eigenvalue weighted by Gasteiger charge is 2.23. The van der Waals surface area contributed by atoms with Crippen LogP contribution in [0.3, 0.4) is 0 Å². The van der Waals surface area contributed by atoms with E-state index in [-0.39, 0.29) is 73.9 Å². The maximum absolute atomic E-state index is 13.1. The molecular formula is C45H55N15O10S. The Balaban J connectivity index is 0.731. The molecule has 0 bridgehead atoms. The van der Waals surface area contributed by atoms with Gasteiger partial charge in [-0.15, -0.1) is 0 Å². The van der Waals surface area contributed by atoms with Crippen LogP contribution in [0.2, 0.25) is 0 Å². The first-order valence-electron chi connectivity index (χ1n) is 22.3. The molecule has 1 unspecified atom stereocenters. The molecule has 5 aromatic heterocycles. The molecule has 6 rings (SSSR count). The topological polar surface area (TPSA) is 341 Å². The van der Waals surface area contributed by atoms with Crippen LogP contribution in [0.5, 0.6) is 0 Å². The van der Waals surface area contributed by atoms with Gasteiger partial charge in [0.25, 0.3) is 11.8 Å². The molecule has 3 amide bonds. The third-order valence-electron chi connectivity index (χ3n) is 9.85. The third kappa shape index (κ3) is 17.4. The average molecular weight is 998 g/mol. The zero-order valence-electron chi connectivity index (χ0n) is 38.8. The summed E-state index contributed by atoms with van der Waals surface area (Å²) in [6.07, 6.45) is 6.17. The van der Waals surface area contributed by atoms with Gasteiger partial charge in [-0.1, -0.05) is 17.4 Å². The van der Waals surface area contributed by atoms with Gasteiger partial charge in [0, 0.05) is 56.4 Å². The quantitative estimate of drug-likeness (QED) is 0.0306. The number of rotatable bonds is 31. The van der Waals surface area contributed by atoms with E-state index in [9.17, 15) is 24.3 Å². The number of aromatic nitrogens is 8. The standard InChI is InChI=1S/C45H55N15O10S/c1-60(28-30-27-53-39-36(54-30)38(46)57-43(47)58-39)31-8-6-29(7-9-31)40(62)55-33(42(64)65)10-11-34(61)49-15-17-66-19-21-68-23-25-70-26-24-69-22-20-67-18-16-50-41(63)37-35(32-5-2-3-12-48-32)56-45(71-37)59-44-51-13-4-14-52-44/h2-9,12-14,27,33H,10-11,15-26,28H2,1H3,(H,49,61)(H,50,63)(H,55,62)(H,64,65)(H,51,52,56,59)(H4,46,47,53,57,58). The van der Waals surface area contributed by atoms with Crippen LogP contribution in [0.1, 0.15) is 38.6 Å². The number of carboxylic acid groups (broad SMARTS) is 1. The van der Waals surface area contributed by atoms with Gasteiger partial charge in [0.05, 0.1) is 90.2 Å². The van der Waals surface area contributed by atoms with Crippen molar-refractivity contribution in [2.24, 2.45) is 0 Å². The smallest absolute Gasteiger partial charge is 0.326 e. The SMILES string of the molecule is CN(Cc1cnc2nc(N)nc(N)c2n1)c1ccc(C(=O)NC(CCC(=O)NCCOCCOCCOCCOCCOCCNC(=O)c2sc(Nc3ncccn3)nc2-c2ccccn2)C(=O)O)cc1. The van der Waals surface area contributed by atoms with Crippen molar-refractivity contribution in [2.75, 3.05) is 108 Å². The molecule has 6 aromatic rings. The van der Waals surface area contributed by atoms with Gasteiger partial charge in [-0.3, -0.25) is 19.4 Å². The van der Waals surface area contributed by atoms with E-state index in [1.807, 2.05) is 18.0 Å². The molecule has 0 spiro atoms. The predicted octanol–water partition coefficient (Wildman–Crippen LogP) is 1.87. The number of carbonyl (C=O) groups excluding carboxylic acids is 3. The molecule has 0 radical (unpaired) electrons. The fourth-order valence-electron chi connectivity index (χ4n) is 6.35. The molecule has 0 aliphatic heterocycles. The van der Waals surface area contributed by atoms with Gasteiger partial charge in [0.1, 0.15) is 16.6 Å². The number of ether oxygens (including phenoxy) is 5. The van der Waals surface area contributed by atoms with Crippen LogP contribution >= 0.6 is 11.3 Å². The van der Waals surface area contributed by atoms with E-state index >= 15 is 0 Å². The Morgan fingerprint density at radius 2 is 1.35 bits per heavy atom. The first kappa shape index (κ1) is 52.7. The fourth-order valence-corrected chi connectivity index (χ4v) is 7.23. The zero-order chi connectivity index (χ0) is 50.2. The Hall–Kier alpha value is -7.62. The number of hydrogen-bond acceptors (Lipinski definition) is 22. The molecule has 0 fully saturated rings. The number of carbonyl (C=O) groups is 4. The first-order chi connectivity index (χ1) is 34.5. The highest BCUT2D eigenvalue weighted by molar-refractivity contribution is 7.18. The number of nitrogens with one attached hydrogen (secondary N) is 4. The highest BCUT2D eigenvalue weighted by atomic mass is 32.1. The Morgan fingerprint density at radius 1 is 0.718 bits per heavy atom. The van der Waals surface area contributed by atoms with E-state index in [4.69, 9.17) is 35.2 Å². The predicted molar refractivity (Wildman–Crippen MR) is 261 cm³/mol. The van der Waals surface area contributed by atoms with Crippen molar-refractivity contribution in [3.8, 4) is 11.4 Å². The summed E-state index contributed by atoms with van der Waals surface area (Å²) >= 11 is 1.17. The summed E-state index contributed by atoms with van der Waals surface area (Å²) in [6, 6.07) is 12.4. The van der Waals surface area contributed by atoms with Gasteiger partial charge in [0.15, 0.2) is 22.1 Å². The maximum Gasteiger partial charge on any atom is 0.326 e. The van der Waals surface area contributed by atoms with Crippen molar-refractivity contribution in [1.29, 1.82) is 0 Å². The van der Waals surface area contributed by atoms with Gasteiger partial charge >= 0.3 is 5.97 Å². The summed E-state index contributed by atoms with van der Waals surface area (Å²) in [5.41, 5.74) is 14.8. The Kier molecular flexibility index (Phi) is 20.9. The minimum absolute atomic E-state index is 0.00491. The summed E-state index contributed by atoms with van der Waals surface area (Å²) in [7, 11) is 1.83. The largest absolute Gasteiger partial charge is 0.480 e. The van der Waals surface area contributed by atoms with Crippen molar-refractivity contribution in [3.05, 3.63) is 89.5 Å². The molecule has 0 aliphatic rings. The number of nitrogens with two attached hydrogens (primary N) is 2. The number of thiazole rings is 1. The molecule has 9 N–H and O–H groups in total. The van der Waals surface area contributed by atoms with Crippen molar-refractivity contribution in [2.45, 2.75) is 25.4 Å². The molecular weight excluding hydrogens is 943 g/mol. The Morgan fingerprint density at radius 3 is 1.99 bits per heavy atom. The van der Waals surface area contributed by atoms with Crippen molar-refractivity contribution < 1.29 is 48.0 Å². The molecule has 0 saturated carbocycles. The van der Waals surface area contributed by atoms with Gasteiger partial charge in [-0.2, -0.15) is 9.97 Å². The second-order valence-electron chi connectivity index (χ2n) is 15.1. The Labute approximate surface area is 411 Å². The fraction of sp³-hybridized carbons (Fsp3) is 0.378. The molecule has 25 nitrogen and oxygen atoms in total. The molecule has 376 valence electrons. The van der Waals surface area contributed by atoms with Gasteiger partial charge < -0.3 is 66.4 Å². The summed E-state index contributed by atoms with van der Waals surface area (Å²) in [4.78, 5) is 86.5. The van der Waals surface area contributed by atoms with Gasteiger partial charge in [-0.25, -0.2) is 29.7 Å². The van der Waals surface area contributed by atoms with E-state index in [0.717, 1.165) is 5.69 Å². The number of nitrogen functional groups attached to an aromatic ring is 2. The number of benzene rings is 1. The van der Waals surface area contributed by atoms with Crippen LogP contribution in [0, 0.1) is 0 Å². The molecule has 0 aliphatic carbocycles. The zero-order valence-corrected chi connectivity index (χ0v) is 39.6. The molecule has 1 aromatic carbocycles. The van der Waals surface area contributed by atoms with Crippen molar-refractivity contribution >= 4 is 74.7 Å². The molecule has 26 heteroatoms. The summed E-state index contributed by atoms with van der Waals surface area (Å²) < 4.78 is 27.6. The second-order valence-corrected chi connectivity index (χ2v) is 16.1. The number of aliphatic carboxylic acids is 1. The minimum Gasteiger partial charge on any atom is -0.480 e. The second kappa shape index (κ2) is 28.1. The maximum atomic E-state index is 13.1. The van der Waals surface area contributed by atoms with Crippen LogP contribution in [0.15, 0.2) is 73.3 Å². The third-order valence-corrected chi connectivity index (χ3v) is 10.8. The molecule has 71 heavy (non-hydrogen) atoms. The van der Waals surface area contributed by atoms with Crippen LogP contribution in [-0.2, 0) is 39.8 Å². The molecule has 5 heterocycles. The van der Waals surface area contributed by atoms with Gasteiger partial charge in [0.2, 0.25) is 17.8 Å². The first-order valence-corrected chi connectivity index (χ1v) is 23.1. The number of amides is 3.